The van der Waals surface area contributed by atoms with Crippen molar-refractivity contribution in [1.82, 2.24) is 5.32 Å². The van der Waals surface area contributed by atoms with Crippen LogP contribution in [0.25, 0.3) is 0 Å². The van der Waals surface area contributed by atoms with Crippen LogP contribution in [0.5, 0.6) is 0 Å². The van der Waals surface area contributed by atoms with E-state index in [0.29, 0.717) is 6.04 Å². The second-order valence-electron chi connectivity index (χ2n) is 5.27. The number of likely N-dealkylation sites (N-methyl/N-ethyl adjacent to an activating group) is 1. The number of rotatable bonds is 6. The van der Waals surface area contributed by atoms with Crippen LogP contribution in [-0.2, 0) is 4.74 Å². The largest absolute Gasteiger partial charge is 0.380 e. The third kappa shape index (κ3) is 3.76. The highest BCUT2D eigenvalue weighted by molar-refractivity contribution is 4.79. The van der Waals surface area contributed by atoms with Crippen LogP contribution in [-0.4, -0.2) is 26.3 Å². The van der Waals surface area contributed by atoms with Gasteiger partial charge < -0.3 is 10.1 Å². The Morgan fingerprint density at radius 3 is 2.47 bits per heavy atom. The first kappa shape index (κ1) is 11.4. The van der Waals surface area contributed by atoms with E-state index in [1.807, 2.05) is 0 Å². The van der Waals surface area contributed by atoms with Crippen molar-refractivity contribution < 1.29 is 4.74 Å². The summed E-state index contributed by atoms with van der Waals surface area (Å²) in [6.45, 7) is 1.93. The van der Waals surface area contributed by atoms with Crippen molar-refractivity contribution >= 4 is 0 Å². The first-order chi connectivity index (χ1) is 7.40. The second-order valence-corrected chi connectivity index (χ2v) is 5.27. The molecule has 0 spiro atoms. The number of ether oxygens (including phenoxy) is 1. The number of hydrogen-bond acceptors (Lipinski definition) is 2. The molecular formula is C13H25NO. The third-order valence-corrected chi connectivity index (χ3v) is 3.94. The maximum absolute atomic E-state index is 5.80. The summed E-state index contributed by atoms with van der Waals surface area (Å²) in [5, 5.41) is 3.44. The summed E-state index contributed by atoms with van der Waals surface area (Å²) in [5.41, 5.74) is 0. The van der Waals surface area contributed by atoms with Gasteiger partial charge in [-0.25, -0.2) is 0 Å². The maximum atomic E-state index is 5.80. The third-order valence-electron chi connectivity index (χ3n) is 3.94. The molecule has 1 unspecified atom stereocenters. The fraction of sp³-hybridized carbons (Fsp3) is 1.00. The molecule has 1 N–H and O–H groups in total. The minimum atomic E-state index is 0.601. The highest BCUT2D eigenvalue weighted by Gasteiger charge is 2.25. The van der Waals surface area contributed by atoms with Crippen LogP contribution < -0.4 is 5.32 Å². The molecule has 2 saturated carbocycles. The van der Waals surface area contributed by atoms with E-state index in [-0.39, 0.29) is 0 Å². The summed E-state index contributed by atoms with van der Waals surface area (Å²) < 4.78 is 5.80. The quantitative estimate of drug-likeness (QED) is 0.729. The molecule has 0 amide bonds. The van der Waals surface area contributed by atoms with Crippen molar-refractivity contribution in [2.75, 3.05) is 20.3 Å². The molecule has 2 aliphatic rings. The number of hydrogen-bond donors (Lipinski definition) is 1. The fourth-order valence-corrected chi connectivity index (χ4v) is 2.64. The van der Waals surface area contributed by atoms with E-state index in [0.717, 1.165) is 25.0 Å². The summed E-state index contributed by atoms with van der Waals surface area (Å²) in [6.07, 6.45) is 9.88. The zero-order chi connectivity index (χ0) is 10.5. The Morgan fingerprint density at radius 2 is 1.87 bits per heavy atom. The van der Waals surface area contributed by atoms with Crippen molar-refractivity contribution in [1.29, 1.82) is 0 Å². The lowest BCUT2D eigenvalue weighted by atomic mass is 9.84. The fourth-order valence-electron chi connectivity index (χ4n) is 2.64. The molecule has 0 saturated heterocycles. The van der Waals surface area contributed by atoms with Gasteiger partial charge in [0.2, 0.25) is 0 Å². The Balaban J connectivity index is 1.64. The van der Waals surface area contributed by atoms with E-state index in [2.05, 4.69) is 12.4 Å². The standard InChI is InChI=1S/C13H25NO/c1-14-13(10-15-9-11-7-8-11)12-5-3-2-4-6-12/h11-14H,2-10H2,1H3. The lowest BCUT2D eigenvalue weighted by Crippen LogP contribution is -2.38. The van der Waals surface area contributed by atoms with Gasteiger partial charge in [-0.2, -0.15) is 0 Å². The Kier molecular flexibility index (Phi) is 4.45. The van der Waals surface area contributed by atoms with Crippen LogP contribution in [0.3, 0.4) is 0 Å². The second kappa shape index (κ2) is 5.86. The van der Waals surface area contributed by atoms with Gasteiger partial charge in [-0.15, -0.1) is 0 Å². The van der Waals surface area contributed by atoms with Crippen LogP contribution in [0.4, 0.5) is 0 Å². The summed E-state index contributed by atoms with van der Waals surface area (Å²) in [5.74, 6) is 1.76. The summed E-state index contributed by atoms with van der Waals surface area (Å²) in [7, 11) is 2.08. The minimum absolute atomic E-state index is 0.601. The monoisotopic (exact) mass is 211 g/mol. The predicted octanol–water partition coefficient (Wildman–Crippen LogP) is 2.58. The van der Waals surface area contributed by atoms with Crippen LogP contribution in [0.15, 0.2) is 0 Å². The normalized spacial score (nSPS) is 25.4. The van der Waals surface area contributed by atoms with Gasteiger partial charge in [0.1, 0.15) is 0 Å². The van der Waals surface area contributed by atoms with Gasteiger partial charge in [0.05, 0.1) is 6.61 Å². The smallest absolute Gasteiger partial charge is 0.0622 e. The highest BCUT2D eigenvalue weighted by Crippen LogP contribution is 2.30. The molecule has 0 aromatic carbocycles. The molecule has 2 fully saturated rings. The molecule has 2 heteroatoms. The molecule has 15 heavy (non-hydrogen) atoms. The maximum Gasteiger partial charge on any atom is 0.0622 e. The lowest BCUT2D eigenvalue weighted by molar-refractivity contribution is 0.0803. The van der Waals surface area contributed by atoms with E-state index in [4.69, 9.17) is 4.74 Å². The number of nitrogens with one attached hydrogen (secondary N) is 1. The van der Waals surface area contributed by atoms with E-state index < -0.39 is 0 Å². The Bertz CT molecular complexity index is 173. The zero-order valence-corrected chi connectivity index (χ0v) is 10.0. The van der Waals surface area contributed by atoms with Crippen LogP contribution in [0.1, 0.15) is 44.9 Å². The molecule has 0 aromatic heterocycles. The molecule has 1 atom stereocenters. The van der Waals surface area contributed by atoms with Crippen molar-refractivity contribution in [3.63, 3.8) is 0 Å². The van der Waals surface area contributed by atoms with Crippen LogP contribution in [0.2, 0.25) is 0 Å². The Labute approximate surface area is 93.8 Å². The van der Waals surface area contributed by atoms with Gasteiger partial charge >= 0.3 is 0 Å². The molecule has 0 aromatic rings. The van der Waals surface area contributed by atoms with Crippen LogP contribution in [0, 0.1) is 11.8 Å². The average Bonchev–Trinajstić information content (AvgIpc) is 3.10. The SMILES string of the molecule is CNC(COCC1CC1)C1CCCCC1. The molecule has 88 valence electrons. The van der Waals surface area contributed by atoms with Crippen molar-refractivity contribution in [2.24, 2.45) is 11.8 Å². The van der Waals surface area contributed by atoms with Gasteiger partial charge in [0.25, 0.3) is 0 Å². The first-order valence-corrected chi connectivity index (χ1v) is 6.65. The van der Waals surface area contributed by atoms with E-state index in [9.17, 15) is 0 Å². The summed E-state index contributed by atoms with van der Waals surface area (Å²) in [6, 6.07) is 0.601. The van der Waals surface area contributed by atoms with Gasteiger partial charge in [0, 0.05) is 12.6 Å². The van der Waals surface area contributed by atoms with Gasteiger partial charge in [-0.3, -0.25) is 0 Å². The highest BCUT2D eigenvalue weighted by atomic mass is 16.5. The van der Waals surface area contributed by atoms with Crippen molar-refractivity contribution in [3.05, 3.63) is 0 Å². The summed E-state index contributed by atoms with van der Waals surface area (Å²) in [4.78, 5) is 0. The first-order valence-electron chi connectivity index (χ1n) is 6.65. The Hall–Kier alpha value is -0.0800. The van der Waals surface area contributed by atoms with Crippen molar-refractivity contribution in [2.45, 2.75) is 51.0 Å². The molecule has 2 nitrogen and oxygen atoms in total. The molecule has 2 aliphatic carbocycles. The minimum Gasteiger partial charge on any atom is -0.380 e. The molecule has 0 heterocycles. The molecule has 0 radical (unpaired) electrons. The molecular weight excluding hydrogens is 186 g/mol. The van der Waals surface area contributed by atoms with E-state index in [1.54, 1.807) is 0 Å². The van der Waals surface area contributed by atoms with Gasteiger partial charge in [-0.1, -0.05) is 19.3 Å². The zero-order valence-electron chi connectivity index (χ0n) is 10.0. The lowest BCUT2D eigenvalue weighted by Gasteiger charge is -2.29. The van der Waals surface area contributed by atoms with E-state index in [1.165, 1.54) is 44.9 Å². The molecule has 2 rings (SSSR count). The predicted molar refractivity (Wildman–Crippen MR) is 63.0 cm³/mol. The van der Waals surface area contributed by atoms with Crippen LogP contribution >= 0.6 is 0 Å². The van der Waals surface area contributed by atoms with Gasteiger partial charge in [-0.05, 0) is 44.6 Å². The average molecular weight is 211 g/mol. The van der Waals surface area contributed by atoms with E-state index >= 15 is 0 Å². The molecule has 0 aliphatic heterocycles. The molecule has 0 bridgehead atoms. The van der Waals surface area contributed by atoms with Crippen molar-refractivity contribution in [3.8, 4) is 0 Å². The van der Waals surface area contributed by atoms with Gasteiger partial charge in [0.15, 0.2) is 0 Å². The summed E-state index contributed by atoms with van der Waals surface area (Å²) >= 11 is 0. The Morgan fingerprint density at radius 1 is 1.13 bits per heavy atom. The topological polar surface area (TPSA) is 21.3 Å².